The summed E-state index contributed by atoms with van der Waals surface area (Å²) in [5.74, 6) is -0.186. The zero-order valence-corrected chi connectivity index (χ0v) is 14.1. The lowest BCUT2D eigenvalue weighted by Crippen LogP contribution is -2.43. The molecule has 0 spiro atoms. The monoisotopic (exact) mass is 342 g/mol. The van der Waals surface area contributed by atoms with Crippen molar-refractivity contribution in [1.82, 2.24) is 20.7 Å². The van der Waals surface area contributed by atoms with Crippen LogP contribution < -0.4 is 10.8 Å². The lowest BCUT2D eigenvalue weighted by atomic mass is 10.2. The second kappa shape index (κ2) is 10.0. The maximum absolute atomic E-state index is 12.0. The van der Waals surface area contributed by atoms with Crippen LogP contribution in [0.4, 0.5) is 4.79 Å². The minimum Gasteiger partial charge on any atom is -0.344 e. The first-order valence-corrected chi connectivity index (χ1v) is 7.98. The molecule has 1 aromatic heterocycles. The van der Waals surface area contributed by atoms with E-state index in [2.05, 4.69) is 15.8 Å². The highest BCUT2D eigenvalue weighted by Gasteiger charge is 2.10. The van der Waals surface area contributed by atoms with E-state index in [9.17, 15) is 9.59 Å². The fourth-order valence-electron chi connectivity index (χ4n) is 2.04. The minimum atomic E-state index is -0.553. The normalized spacial score (nSPS) is 10.1. The van der Waals surface area contributed by atoms with Crippen LogP contribution in [-0.2, 0) is 22.7 Å². The molecule has 0 radical (unpaired) electrons. The van der Waals surface area contributed by atoms with Gasteiger partial charge in [-0.3, -0.25) is 14.6 Å². The van der Waals surface area contributed by atoms with Gasteiger partial charge >= 0.3 is 6.03 Å². The average molecular weight is 342 g/mol. The van der Waals surface area contributed by atoms with Crippen LogP contribution in [0, 0.1) is 0 Å². The number of pyridine rings is 1. The zero-order valence-electron chi connectivity index (χ0n) is 14.1. The number of urea groups is 1. The number of aromatic nitrogens is 1. The summed E-state index contributed by atoms with van der Waals surface area (Å²) in [7, 11) is 1.69. The topological polar surface area (TPSA) is 83.6 Å². The van der Waals surface area contributed by atoms with Gasteiger partial charge in [0.05, 0.1) is 13.2 Å². The molecule has 7 nitrogen and oxygen atoms in total. The molecule has 25 heavy (non-hydrogen) atoms. The molecule has 0 saturated heterocycles. The van der Waals surface area contributed by atoms with Gasteiger partial charge in [-0.1, -0.05) is 36.4 Å². The number of likely N-dealkylation sites (N-methyl/N-ethyl adjacent to an activating group) is 1. The predicted molar refractivity (Wildman–Crippen MR) is 93.3 cm³/mol. The summed E-state index contributed by atoms with van der Waals surface area (Å²) in [6.07, 6.45) is 2.38. The van der Waals surface area contributed by atoms with Crippen LogP contribution in [0.5, 0.6) is 0 Å². The van der Waals surface area contributed by atoms with Crippen molar-refractivity contribution in [2.45, 2.75) is 13.0 Å². The molecule has 2 N–H and O–H groups in total. The smallest absolute Gasteiger partial charge is 0.339 e. The molecule has 0 atom stereocenters. The second-order valence-electron chi connectivity index (χ2n) is 5.45. The van der Waals surface area contributed by atoms with Crippen molar-refractivity contribution in [2.75, 3.05) is 20.1 Å². The summed E-state index contributed by atoms with van der Waals surface area (Å²) in [6, 6.07) is 14.6. The molecule has 1 heterocycles. The number of carbonyl (C=O) groups is 2. The highest BCUT2D eigenvalue weighted by atomic mass is 16.7. The van der Waals surface area contributed by atoms with E-state index in [1.807, 2.05) is 48.5 Å². The van der Waals surface area contributed by atoms with Crippen molar-refractivity contribution >= 4 is 11.9 Å². The maximum atomic E-state index is 12.0. The molecule has 0 aliphatic rings. The lowest BCUT2D eigenvalue weighted by molar-refractivity contribution is -0.128. The molecule has 132 valence electrons. The minimum absolute atomic E-state index is 0.0980. The fraction of sp³-hybridized carbons (Fsp3) is 0.278. The number of rotatable bonds is 8. The third-order valence-corrected chi connectivity index (χ3v) is 3.50. The van der Waals surface area contributed by atoms with E-state index in [1.165, 1.54) is 0 Å². The van der Waals surface area contributed by atoms with Gasteiger partial charge < -0.3 is 10.2 Å². The SMILES string of the molecule is CN(CCc1ccccn1)C(=O)CNC(=O)NOCc1ccccc1. The van der Waals surface area contributed by atoms with Crippen molar-refractivity contribution in [3.05, 3.63) is 66.0 Å². The molecular formula is C18H22N4O3. The van der Waals surface area contributed by atoms with Gasteiger partial charge in [0.15, 0.2) is 0 Å². The Kier molecular flexibility index (Phi) is 7.40. The number of benzene rings is 1. The molecule has 0 aliphatic heterocycles. The highest BCUT2D eigenvalue weighted by Crippen LogP contribution is 1.99. The molecule has 3 amide bonds. The van der Waals surface area contributed by atoms with Crippen molar-refractivity contribution in [2.24, 2.45) is 0 Å². The number of carbonyl (C=O) groups excluding carboxylic acids is 2. The zero-order chi connectivity index (χ0) is 17.9. The molecule has 0 unspecified atom stereocenters. The Hall–Kier alpha value is -2.93. The van der Waals surface area contributed by atoms with E-state index in [4.69, 9.17) is 4.84 Å². The third kappa shape index (κ3) is 7.01. The molecule has 0 fully saturated rings. The second-order valence-corrected chi connectivity index (χ2v) is 5.45. The van der Waals surface area contributed by atoms with Crippen LogP contribution >= 0.6 is 0 Å². The summed E-state index contributed by atoms with van der Waals surface area (Å²) in [6.45, 7) is 0.690. The van der Waals surface area contributed by atoms with E-state index in [0.717, 1.165) is 11.3 Å². The number of nitrogens with zero attached hydrogens (tertiary/aromatic N) is 2. The van der Waals surface area contributed by atoms with Crippen molar-refractivity contribution in [3.63, 3.8) is 0 Å². The summed E-state index contributed by atoms with van der Waals surface area (Å²) in [4.78, 5) is 34.4. The Morgan fingerprint density at radius 3 is 2.60 bits per heavy atom. The van der Waals surface area contributed by atoms with Gasteiger partial charge in [0.25, 0.3) is 0 Å². The van der Waals surface area contributed by atoms with Crippen LogP contribution in [0.25, 0.3) is 0 Å². The summed E-state index contributed by atoms with van der Waals surface area (Å²) in [5.41, 5.74) is 4.11. The predicted octanol–water partition coefficient (Wildman–Crippen LogP) is 1.51. The Labute approximate surface area is 147 Å². The number of nitrogens with one attached hydrogen (secondary N) is 2. The van der Waals surface area contributed by atoms with Gasteiger partial charge in [0, 0.05) is 31.9 Å². The van der Waals surface area contributed by atoms with Gasteiger partial charge in [-0.15, -0.1) is 0 Å². The van der Waals surface area contributed by atoms with Crippen molar-refractivity contribution in [1.29, 1.82) is 0 Å². The van der Waals surface area contributed by atoms with Crippen LogP contribution in [0.1, 0.15) is 11.3 Å². The maximum Gasteiger partial charge on any atom is 0.339 e. The largest absolute Gasteiger partial charge is 0.344 e. The Morgan fingerprint density at radius 1 is 1.12 bits per heavy atom. The molecule has 0 saturated carbocycles. The molecule has 0 bridgehead atoms. The highest BCUT2D eigenvalue weighted by molar-refractivity contribution is 5.83. The van der Waals surface area contributed by atoms with Crippen molar-refractivity contribution in [3.8, 4) is 0 Å². The first-order valence-electron chi connectivity index (χ1n) is 7.98. The van der Waals surface area contributed by atoms with E-state index in [0.29, 0.717) is 13.0 Å². The standard InChI is InChI=1S/C18H22N4O3/c1-22(12-10-16-9-5-6-11-19-16)17(23)13-20-18(24)21-25-14-15-7-3-2-4-8-15/h2-9,11H,10,12-14H2,1H3,(H2,20,21,24). The third-order valence-electron chi connectivity index (χ3n) is 3.50. The quantitative estimate of drug-likeness (QED) is 0.713. The van der Waals surface area contributed by atoms with Gasteiger partial charge in [-0.2, -0.15) is 0 Å². The molecule has 0 aliphatic carbocycles. The van der Waals surface area contributed by atoms with Gasteiger partial charge in [0.1, 0.15) is 0 Å². The first kappa shape index (κ1) is 18.4. The van der Waals surface area contributed by atoms with Crippen LogP contribution in [0.3, 0.4) is 0 Å². The van der Waals surface area contributed by atoms with Crippen LogP contribution in [-0.4, -0.2) is 42.0 Å². The molecular weight excluding hydrogens is 320 g/mol. The van der Waals surface area contributed by atoms with Crippen LogP contribution in [0.2, 0.25) is 0 Å². The molecule has 2 aromatic rings. The lowest BCUT2D eigenvalue weighted by Gasteiger charge is -2.17. The van der Waals surface area contributed by atoms with Crippen LogP contribution in [0.15, 0.2) is 54.7 Å². The van der Waals surface area contributed by atoms with Gasteiger partial charge in [-0.25, -0.2) is 10.3 Å². The first-order chi connectivity index (χ1) is 12.1. The van der Waals surface area contributed by atoms with E-state index < -0.39 is 6.03 Å². The summed E-state index contributed by atoms with van der Waals surface area (Å²) in [5, 5.41) is 2.47. The number of amides is 3. The van der Waals surface area contributed by atoms with E-state index >= 15 is 0 Å². The Morgan fingerprint density at radius 2 is 1.88 bits per heavy atom. The fourth-order valence-corrected chi connectivity index (χ4v) is 2.04. The van der Waals surface area contributed by atoms with Crippen molar-refractivity contribution < 1.29 is 14.4 Å². The summed E-state index contributed by atoms with van der Waals surface area (Å²) < 4.78 is 0. The number of hydroxylamine groups is 1. The Balaban J connectivity index is 1.60. The average Bonchev–Trinajstić information content (AvgIpc) is 2.66. The molecule has 1 aromatic carbocycles. The number of hydrogen-bond acceptors (Lipinski definition) is 4. The van der Waals surface area contributed by atoms with Gasteiger partial charge in [-0.05, 0) is 17.7 Å². The molecule has 2 rings (SSSR count). The summed E-state index contributed by atoms with van der Waals surface area (Å²) >= 11 is 0. The van der Waals surface area contributed by atoms with Gasteiger partial charge in [0.2, 0.25) is 5.91 Å². The van der Waals surface area contributed by atoms with E-state index in [1.54, 1.807) is 18.1 Å². The molecule has 7 heteroatoms. The Bertz CT molecular complexity index is 665. The number of hydrogen-bond donors (Lipinski definition) is 2. The van der Waals surface area contributed by atoms with E-state index in [-0.39, 0.29) is 19.1 Å².